The Morgan fingerprint density at radius 3 is 1.54 bits per heavy atom. The lowest BCUT2D eigenvalue weighted by Crippen LogP contribution is -1.92. The van der Waals surface area contributed by atoms with E-state index >= 15 is 0 Å². The lowest BCUT2D eigenvalue weighted by molar-refractivity contribution is 0.0642. The predicted molar refractivity (Wildman–Crippen MR) is 76.4 cm³/mol. The lowest BCUT2D eigenvalue weighted by atomic mass is 10.2. The van der Waals surface area contributed by atoms with Crippen LogP contribution < -0.4 is 0 Å². The Balaban J connectivity index is 0.00000144. The summed E-state index contributed by atoms with van der Waals surface area (Å²) in [6.45, 7) is 0. The Hall–Kier alpha value is -3.57. The van der Waals surface area contributed by atoms with Crippen LogP contribution in [0.25, 0.3) is 22.8 Å². The third-order valence-corrected chi connectivity index (χ3v) is 2.72. The first-order chi connectivity index (χ1) is 10.5. The van der Waals surface area contributed by atoms with Crippen LogP contribution in [0.15, 0.2) is 39.4 Å². The van der Waals surface area contributed by atoms with Crippen molar-refractivity contribution in [2.75, 3.05) is 0 Å². The van der Waals surface area contributed by atoms with E-state index < -0.39 is 11.9 Å². The Labute approximate surface area is 132 Å². The highest BCUT2D eigenvalue weighted by atomic mass is 16.5. The summed E-state index contributed by atoms with van der Waals surface area (Å²) in [7, 11) is 0. The van der Waals surface area contributed by atoms with Gasteiger partial charge in [0, 0.05) is 12.1 Å². The van der Waals surface area contributed by atoms with Gasteiger partial charge < -0.3 is 30.2 Å². The number of pyridine rings is 1. The zero-order valence-electron chi connectivity index (χ0n) is 11.8. The molecule has 126 valence electrons. The maximum absolute atomic E-state index is 10.8. The van der Waals surface area contributed by atoms with Crippen molar-refractivity contribution in [3.63, 3.8) is 0 Å². The van der Waals surface area contributed by atoms with Crippen molar-refractivity contribution in [2.24, 2.45) is 0 Å². The van der Waals surface area contributed by atoms with Gasteiger partial charge in [0.25, 0.3) is 0 Å². The number of rotatable bonds is 4. The number of carbonyl (C=O) groups is 2. The molecular weight excluding hydrogens is 326 g/mol. The van der Waals surface area contributed by atoms with Crippen LogP contribution in [-0.4, -0.2) is 48.4 Å². The van der Waals surface area contributed by atoms with E-state index in [0.717, 1.165) is 0 Å². The molecule has 0 amide bonds. The minimum Gasteiger partial charge on any atom is -0.475 e. The number of nitrogens with zero attached hydrogens (tertiary/aromatic N) is 3. The molecule has 0 unspecified atom stereocenters. The summed E-state index contributed by atoms with van der Waals surface area (Å²) < 4.78 is 9.32. The van der Waals surface area contributed by atoms with Crippen LogP contribution in [0.3, 0.4) is 0 Å². The molecule has 0 aliphatic heterocycles. The number of aromatic nitrogens is 3. The number of hydrogen-bond donors (Lipinski definition) is 2. The first-order valence-electron chi connectivity index (χ1n) is 5.92. The van der Waals surface area contributed by atoms with Gasteiger partial charge in [-0.15, -0.1) is 0 Å². The van der Waals surface area contributed by atoms with Crippen molar-refractivity contribution in [3.8, 4) is 22.8 Å². The fourth-order valence-electron chi connectivity index (χ4n) is 1.71. The van der Waals surface area contributed by atoms with Crippen molar-refractivity contribution in [1.29, 1.82) is 0 Å². The maximum atomic E-state index is 10.8. The molecule has 3 aromatic heterocycles. The lowest BCUT2D eigenvalue weighted by Gasteiger charge is -1.97. The average Bonchev–Trinajstić information content (AvgIpc) is 3.17. The summed E-state index contributed by atoms with van der Waals surface area (Å²) in [6, 6.07) is 7.32. The molecule has 0 aliphatic carbocycles. The first kappa shape index (κ1) is 18.5. The topological polar surface area (TPSA) is 203 Å². The van der Waals surface area contributed by atoms with Gasteiger partial charge in [-0.2, -0.15) is 0 Å². The summed E-state index contributed by atoms with van der Waals surface area (Å²) >= 11 is 0. The van der Waals surface area contributed by atoms with Crippen LogP contribution in [0.4, 0.5) is 0 Å². The highest BCUT2D eigenvalue weighted by molar-refractivity contribution is 5.86. The summed E-state index contributed by atoms with van der Waals surface area (Å²) in [5, 5.41) is 24.8. The van der Waals surface area contributed by atoms with E-state index in [2.05, 4.69) is 24.3 Å². The Kier molecular flexibility index (Phi) is 5.49. The minimum atomic E-state index is -1.24. The maximum Gasteiger partial charge on any atom is 0.374 e. The second-order valence-corrected chi connectivity index (χ2v) is 4.17. The molecular formula is C13H11N3O8. The molecule has 0 atom stereocenters. The number of carboxylic acids is 2. The van der Waals surface area contributed by atoms with Crippen molar-refractivity contribution in [2.45, 2.75) is 0 Å². The Morgan fingerprint density at radius 1 is 0.792 bits per heavy atom. The third kappa shape index (κ3) is 3.43. The van der Waals surface area contributed by atoms with Gasteiger partial charge in [-0.25, -0.2) is 14.6 Å². The van der Waals surface area contributed by atoms with Crippen LogP contribution in [0, 0.1) is 0 Å². The highest BCUT2D eigenvalue weighted by Crippen LogP contribution is 2.22. The number of carboxylic acid groups (broad SMARTS) is 2. The Morgan fingerprint density at radius 2 is 1.21 bits per heavy atom. The molecule has 11 heteroatoms. The van der Waals surface area contributed by atoms with E-state index in [4.69, 9.17) is 10.2 Å². The van der Waals surface area contributed by atoms with E-state index in [1.807, 2.05) is 0 Å². The summed E-state index contributed by atoms with van der Waals surface area (Å²) in [5.74, 6) is -3.09. The van der Waals surface area contributed by atoms with Crippen LogP contribution in [0.1, 0.15) is 21.1 Å². The molecule has 0 fully saturated rings. The summed E-state index contributed by atoms with van der Waals surface area (Å²) in [5.41, 5.74) is 1.18. The molecule has 0 aliphatic rings. The highest BCUT2D eigenvalue weighted by Gasteiger charge is 2.16. The quantitative estimate of drug-likeness (QED) is 0.663. The van der Waals surface area contributed by atoms with E-state index in [0.29, 0.717) is 11.4 Å². The zero-order chi connectivity index (χ0) is 15.7. The van der Waals surface area contributed by atoms with Gasteiger partial charge >= 0.3 is 11.9 Å². The molecule has 0 spiro atoms. The first-order valence-corrected chi connectivity index (χ1v) is 5.92. The monoisotopic (exact) mass is 337 g/mol. The zero-order valence-corrected chi connectivity index (χ0v) is 11.8. The molecule has 0 saturated carbocycles. The van der Waals surface area contributed by atoms with E-state index in [1.54, 1.807) is 18.2 Å². The molecule has 24 heavy (non-hydrogen) atoms. The smallest absolute Gasteiger partial charge is 0.374 e. The summed E-state index contributed by atoms with van der Waals surface area (Å²) in [4.78, 5) is 25.8. The number of hydrogen-bond acceptors (Lipinski definition) is 7. The Bertz CT molecular complexity index is 802. The fraction of sp³-hybridized carbons (Fsp3) is 0. The second-order valence-electron chi connectivity index (χ2n) is 4.17. The van der Waals surface area contributed by atoms with Gasteiger partial charge in [-0.3, -0.25) is 0 Å². The van der Waals surface area contributed by atoms with Crippen LogP contribution >= 0.6 is 0 Å². The minimum absolute atomic E-state index is 0. The van der Waals surface area contributed by atoms with Gasteiger partial charge in [0.1, 0.15) is 11.4 Å². The molecule has 0 saturated heterocycles. The number of aromatic carboxylic acids is 2. The normalized spacial score (nSPS) is 9.67. The fourth-order valence-corrected chi connectivity index (χ4v) is 1.71. The molecule has 11 nitrogen and oxygen atoms in total. The van der Waals surface area contributed by atoms with Crippen molar-refractivity contribution in [1.82, 2.24) is 15.3 Å². The molecule has 0 radical (unpaired) electrons. The van der Waals surface area contributed by atoms with Crippen LogP contribution in [-0.2, 0) is 0 Å². The molecule has 3 heterocycles. The van der Waals surface area contributed by atoms with Gasteiger partial charge in [-0.1, -0.05) is 16.4 Å². The largest absolute Gasteiger partial charge is 0.475 e. The van der Waals surface area contributed by atoms with E-state index in [9.17, 15) is 9.59 Å². The van der Waals surface area contributed by atoms with Gasteiger partial charge in [-0.05, 0) is 12.1 Å². The van der Waals surface area contributed by atoms with Crippen molar-refractivity contribution >= 4 is 11.9 Å². The van der Waals surface area contributed by atoms with Crippen molar-refractivity contribution < 1.29 is 39.8 Å². The van der Waals surface area contributed by atoms with Crippen LogP contribution in [0.2, 0.25) is 0 Å². The van der Waals surface area contributed by atoms with E-state index in [1.165, 1.54) is 12.1 Å². The average molecular weight is 337 g/mol. The summed E-state index contributed by atoms with van der Waals surface area (Å²) in [6.07, 6.45) is 0. The third-order valence-electron chi connectivity index (χ3n) is 2.72. The van der Waals surface area contributed by atoms with Gasteiger partial charge in [0.15, 0.2) is 0 Å². The molecule has 6 N–H and O–H groups in total. The van der Waals surface area contributed by atoms with Crippen LogP contribution in [0.5, 0.6) is 0 Å². The van der Waals surface area contributed by atoms with Crippen molar-refractivity contribution in [3.05, 3.63) is 41.9 Å². The standard InChI is InChI=1S/C13H7N3O6.2H2O/c17-12(18)10-4-8(15-21-10)6-2-1-3-7(14-6)9-5-11(13(19)20)22-16-9;;/h1-5H,(H,17,18)(H,19,20);2*1H2. The van der Waals surface area contributed by atoms with Gasteiger partial charge in [0.2, 0.25) is 11.5 Å². The molecule has 3 rings (SSSR count). The van der Waals surface area contributed by atoms with Gasteiger partial charge in [0.05, 0.1) is 11.4 Å². The van der Waals surface area contributed by atoms with E-state index in [-0.39, 0.29) is 33.9 Å². The second kappa shape index (κ2) is 7.13. The molecule has 0 aromatic carbocycles. The predicted octanol–water partition coefficient (Wildman–Crippen LogP) is 0.139. The molecule has 3 aromatic rings. The molecule has 0 bridgehead atoms. The SMILES string of the molecule is O.O.O=C(O)c1cc(-c2cccc(-c3cc(C(=O)O)on3)n2)no1.